The van der Waals surface area contributed by atoms with E-state index in [1.807, 2.05) is 0 Å². The van der Waals surface area contributed by atoms with Crippen molar-refractivity contribution in [2.24, 2.45) is 11.8 Å². The predicted octanol–water partition coefficient (Wildman–Crippen LogP) is 3.21. The van der Waals surface area contributed by atoms with Gasteiger partial charge < -0.3 is 0 Å². The van der Waals surface area contributed by atoms with E-state index in [1.165, 1.54) is 38.5 Å². The van der Waals surface area contributed by atoms with Crippen LogP contribution in [0, 0.1) is 11.8 Å². The van der Waals surface area contributed by atoms with Gasteiger partial charge in [-0.25, -0.2) is 0 Å². The van der Waals surface area contributed by atoms with Gasteiger partial charge in [0.1, 0.15) is 0 Å². The Labute approximate surface area is 127 Å². The summed E-state index contributed by atoms with van der Waals surface area (Å²) in [5, 5.41) is 1.90. The molecule has 2 aliphatic heterocycles. The zero-order valence-electron chi connectivity index (χ0n) is 12.0. The van der Waals surface area contributed by atoms with Crippen LogP contribution in [0.1, 0.15) is 52.4 Å². The van der Waals surface area contributed by atoms with E-state index < -0.39 is 16.2 Å². The van der Waals surface area contributed by atoms with Crippen molar-refractivity contribution in [3.05, 3.63) is 0 Å². The molecule has 5 heteroatoms. The second kappa shape index (κ2) is 5.25. The van der Waals surface area contributed by atoms with Gasteiger partial charge in [-0.05, 0) is 0 Å². The molecule has 2 nitrogen and oxygen atoms in total. The summed E-state index contributed by atoms with van der Waals surface area (Å²) in [4.78, 5) is 0. The van der Waals surface area contributed by atoms with Crippen LogP contribution in [0.25, 0.3) is 0 Å². The minimum atomic E-state index is -2.28. The molecule has 0 aromatic heterocycles. The average Bonchev–Trinajstić information content (AvgIpc) is 2.87. The van der Waals surface area contributed by atoms with E-state index >= 15 is 0 Å². The van der Waals surface area contributed by atoms with Gasteiger partial charge in [0.15, 0.2) is 0 Å². The summed E-state index contributed by atoms with van der Waals surface area (Å²) < 4.78 is 8.39. The van der Waals surface area contributed by atoms with Crippen molar-refractivity contribution in [2.45, 2.75) is 75.0 Å². The normalized spacial score (nSPS) is 57.2. The molecule has 6 atom stereocenters. The number of hydrogen-bond donors (Lipinski definition) is 2. The molecule has 2 saturated heterocycles. The Kier molecular flexibility index (Phi) is 3.88. The molecule has 0 aromatic carbocycles. The molecular formula is C14H26N2S2Sn. The van der Waals surface area contributed by atoms with Crippen LogP contribution in [-0.2, 0) is 0 Å². The molecule has 4 aliphatic rings. The molecule has 0 radical (unpaired) electrons. The number of hydrogen-bond acceptors (Lipinski definition) is 4. The van der Waals surface area contributed by atoms with E-state index in [2.05, 4.69) is 38.8 Å². The summed E-state index contributed by atoms with van der Waals surface area (Å²) >= 11 is -2.28. The van der Waals surface area contributed by atoms with E-state index in [1.54, 1.807) is 0 Å². The van der Waals surface area contributed by atoms with E-state index in [0.29, 0.717) is 0 Å². The molecule has 4 fully saturated rings. The third kappa shape index (κ3) is 2.62. The van der Waals surface area contributed by atoms with E-state index in [9.17, 15) is 0 Å². The van der Waals surface area contributed by atoms with Gasteiger partial charge in [0.05, 0.1) is 0 Å². The molecule has 6 unspecified atom stereocenters. The Hall–Kier alpha value is 1.42. The van der Waals surface area contributed by atoms with Gasteiger partial charge in [0, 0.05) is 0 Å². The standard InChI is InChI=1S/2C7H14NS.Sn/c2*1-5-2-3-7(9)6(8)4-5;/h2*5-9H,2-4H2,1H3;/q2*-1;+4/p-2. The van der Waals surface area contributed by atoms with Crippen molar-refractivity contribution >= 4 is 34.0 Å². The molecule has 0 amide bonds. The van der Waals surface area contributed by atoms with Gasteiger partial charge in [0.2, 0.25) is 0 Å². The first-order valence-corrected chi connectivity index (χ1v) is 19.6. The fraction of sp³-hybridized carbons (Fsp3) is 1.00. The predicted molar refractivity (Wildman–Crippen MR) is 88.4 cm³/mol. The summed E-state index contributed by atoms with van der Waals surface area (Å²) in [5.74, 6) is 1.90. The maximum absolute atomic E-state index is 4.19. The molecule has 108 valence electrons. The van der Waals surface area contributed by atoms with Gasteiger partial charge in [0.25, 0.3) is 0 Å². The van der Waals surface area contributed by atoms with Gasteiger partial charge in [-0.1, -0.05) is 0 Å². The van der Waals surface area contributed by atoms with Crippen molar-refractivity contribution in [1.29, 1.82) is 0 Å². The Balaban J connectivity index is 1.48. The molecule has 2 N–H and O–H groups in total. The second-order valence-corrected chi connectivity index (χ2v) is 28.1. The molecule has 0 bridgehead atoms. The van der Waals surface area contributed by atoms with E-state index in [-0.39, 0.29) is 0 Å². The van der Waals surface area contributed by atoms with Crippen LogP contribution in [0.3, 0.4) is 0 Å². The van der Waals surface area contributed by atoms with Crippen LogP contribution in [0.15, 0.2) is 0 Å². The second-order valence-electron chi connectivity index (χ2n) is 7.27. The quantitative estimate of drug-likeness (QED) is 0.605. The van der Waals surface area contributed by atoms with E-state index in [4.69, 9.17) is 0 Å². The van der Waals surface area contributed by atoms with Gasteiger partial charge in [-0.3, -0.25) is 0 Å². The van der Waals surface area contributed by atoms with Gasteiger partial charge in [-0.2, -0.15) is 0 Å². The van der Waals surface area contributed by atoms with Crippen molar-refractivity contribution in [3.63, 3.8) is 0 Å². The zero-order valence-corrected chi connectivity index (χ0v) is 16.5. The van der Waals surface area contributed by atoms with Gasteiger partial charge >= 0.3 is 128 Å². The zero-order chi connectivity index (χ0) is 13.0. The maximum atomic E-state index is 4.19. The molecule has 1 spiro atoms. The van der Waals surface area contributed by atoms with Crippen LogP contribution < -0.4 is 7.08 Å². The number of rotatable bonds is 0. The molecule has 19 heavy (non-hydrogen) atoms. The first kappa shape index (κ1) is 14.0. The fourth-order valence-electron chi connectivity index (χ4n) is 4.41. The van der Waals surface area contributed by atoms with Crippen LogP contribution in [0.5, 0.6) is 0 Å². The van der Waals surface area contributed by atoms with E-state index in [0.717, 1.165) is 34.4 Å². The average molecular weight is 405 g/mol. The minimum absolute atomic E-state index is 0.849. The summed E-state index contributed by atoms with van der Waals surface area (Å²) in [6.07, 6.45) is 8.74. The molecular weight excluding hydrogens is 379 g/mol. The Morgan fingerprint density at radius 3 is 1.74 bits per heavy atom. The topological polar surface area (TPSA) is 24.1 Å². The summed E-state index contributed by atoms with van der Waals surface area (Å²) in [6, 6.07) is 1.70. The number of fused-ring (bicyclic) bond motifs is 2. The van der Waals surface area contributed by atoms with Crippen LogP contribution in [0.2, 0.25) is 0 Å². The third-order valence-electron chi connectivity index (χ3n) is 5.48. The fourth-order valence-corrected chi connectivity index (χ4v) is 37.4. The molecule has 2 aliphatic carbocycles. The number of nitrogens with one attached hydrogen (secondary N) is 2. The van der Waals surface area contributed by atoms with Crippen molar-refractivity contribution in [1.82, 2.24) is 7.08 Å². The van der Waals surface area contributed by atoms with Crippen molar-refractivity contribution in [2.75, 3.05) is 0 Å². The first-order valence-electron chi connectivity index (χ1n) is 8.04. The SMILES string of the molecule is CC1CCC2[S][Sn]3([NH]C2C1)[NH]C1CC(C)CCC1[S]3. The Morgan fingerprint density at radius 1 is 0.789 bits per heavy atom. The molecule has 4 rings (SSSR count). The molecule has 2 saturated carbocycles. The van der Waals surface area contributed by atoms with Crippen molar-refractivity contribution < 1.29 is 0 Å². The summed E-state index contributed by atoms with van der Waals surface area (Å²) in [5.41, 5.74) is 0. The van der Waals surface area contributed by atoms with Crippen LogP contribution in [0.4, 0.5) is 0 Å². The first-order chi connectivity index (χ1) is 9.13. The Morgan fingerprint density at radius 2 is 1.26 bits per heavy atom. The molecule has 0 aromatic rings. The third-order valence-corrected chi connectivity index (χ3v) is 30.1. The Bertz CT molecular complexity index is 333. The summed E-state index contributed by atoms with van der Waals surface area (Å²) in [7, 11) is 4.85. The monoisotopic (exact) mass is 406 g/mol. The summed E-state index contributed by atoms with van der Waals surface area (Å²) in [6.45, 7) is 4.89. The van der Waals surface area contributed by atoms with Crippen LogP contribution in [-0.4, -0.2) is 38.7 Å². The van der Waals surface area contributed by atoms with Gasteiger partial charge in [-0.15, -0.1) is 0 Å². The molecule has 2 heterocycles. The van der Waals surface area contributed by atoms with Crippen LogP contribution >= 0.6 is 17.9 Å². The van der Waals surface area contributed by atoms with Crippen molar-refractivity contribution in [3.8, 4) is 0 Å².